The number of fused-ring (bicyclic) bond motifs is 4. The van der Waals surface area contributed by atoms with Crippen LogP contribution < -0.4 is 23.7 Å². The van der Waals surface area contributed by atoms with Gasteiger partial charge in [0.15, 0.2) is 23.0 Å². The summed E-state index contributed by atoms with van der Waals surface area (Å²) in [5.41, 5.74) is 1.30. The largest absolute Gasteiger partial charge is 0.493 e. The number of benzene rings is 2. The van der Waals surface area contributed by atoms with Crippen molar-refractivity contribution in [3.8, 4) is 28.7 Å². The third-order valence-electron chi connectivity index (χ3n) is 6.16. The molecular formula is C21H22O6. The summed E-state index contributed by atoms with van der Waals surface area (Å²) in [6.07, 6.45) is 0.830. The molecule has 0 saturated carbocycles. The second-order valence-corrected chi connectivity index (χ2v) is 7.48. The summed E-state index contributed by atoms with van der Waals surface area (Å²) in [5.74, 6) is 3.33. The van der Waals surface area contributed by atoms with Gasteiger partial charge in [0, 0.05) is 5.56 Å². The summed E-state index contributed by atoms with van der Waals surface area (Å²) in [6.45, 7) is 4.54. The maximum atomic E-state index is 12.1. The van der Waals surface area contributed by atoms with Crippen molar-refractivity contribution in [3.63, 3.8) is 0 Å². The molecule has 6 nitrogen and oxygen atoms in total. The number of aliphatic hydroxyl groups is 1. The van der Waals surface area contributed by atoms with Crippen molar-refractivity contribution in [2.24, 2.45) is 11.8 Å². The predicted octanol–water partition coefficient (Wildman–Crippen LogP) is 3.22. The van der Waals surface area contributed by atoms with Crippen molar-refractivity contribution < 1.29 is 28.8 Å². The van der Waals surface area contributed by atoms with Crippen LogP contribution in [0.15, 0.2) is 24.3 Å². The summed E-state index contributed by atoms with van der Waals surface area (Å²) >= 11 is 0. The molecule has 6 heteroatoms. The number of hydrogen-bond donors (Lipinski definition) is 1. The quantitative estimate of drug-likeness (QED) is 0.876. The number of ether oxygens (including phenoxy) is 5. The summed E-state index contributed by atoms with van der Waals surface area (Å²) in [5, 5.41) is 12.1. The van der Waals surface area contributed by atoms with Gasteiger partial charge in [0.05, 0.1) is 7.11 Å². The molecule has 0 radical (unpaired) electrons. The van der Waals surface area contributed by atoms with E-state index in [1.807, 2.05) is 24.3 Å². The smallest absolute Gasteiger partial charge is 0.231 e. The number of rotatable bonds is 2. The Morgan fingerprint density at radius 2 is 1.74 bits per heavy atom. The fourth-order valence-electron chi connectivity index (χ4n) is 4.52. The summed E-state index contributed by atoms with van der Waals surface area (Å²) in [4.78, 5) is 0. The van der Waals surface area contributed by atoms with Gasteiger partial charge in [-0.2, -0.15) is 0 Å². The Morgan fingerprint density at radius 1 is 1.00 bits per heavy atom. The topological polar surface area (TPSA) is 66.4 Å². The minimum atomic E-state index is -1.24. The Hall–Kier alpha value is -2.60. The van der Waals surface area contributed by atoms with Crippen molar-refractivity contribution in [1.82, 2.24) is 0 Å². The summed E-state index contributed by atoms with van der Waals surface area (Å²) < 4.78 is 27.9. The summed E-state index contributed by atoms with van der Waals surface area (Å²) in [7, 11) is 1.61. The lowest BCUT2D eigenvalue weighted by Gasteiger charge is -2.44. The van der Waals surface area contributed by atoms with E-state index in [1.54, 1.807) is 7.11 Å². The Labute approximate surface area is 157 Å². The molecule has 5 rings (SSSR count). The highest BCUT2D eigenvalue weighted by Crippen LogP contribution is 2.57. The molecule has 0 bridgehead atoms. The Kier molecular flexibility index (Phi) is 3.49. The number of methoxy groups -OCH3 is 1. The van der Waals surface area contributed by atoms with Crippen LogP contribution in [-0.4, -0.2) is 25.8 Å². The lowest BCUT2D eigenvalue weighted by molar-refractivity contribution is -0.0119. The van der Waals surface area contributed by atoms with Gasteiger partial charge in [-0.15, -0.1) is 0 Å². The van der Waals surface area contributed by atoms with Gasteiger partial charge in [-0.25, -0.2) is 0 Å². The first kappa shape index (κ1) is 16.6. The molecule has 0 amide bonds. The van der Waals surface area contributed by atoms with Crippen LogP contribution in [-0.2, 0) is 12.0 Å². The molecule has 3 aliphatic rings. The highest BCUT2D eigenvalue weighted by Gasteiger charge is 2.49. The third-order valence-corrected chi connectivity index (χ3v) is 6.16. The lowest BCUT2D eigenvalue weighted by Crippen LogP contribution is -2.43. The van der Waals surface area contributed by atoms with Gasteiger partial charge >= 0.3 is 0 Å². The van der Waals surface area contributed by atoms with E-state index < -0.39 is 5.60 Å². The van der Waals surface area contributed by atoms with E-state index in [0.717, 1.165) is 23.1 Å². The fraction of sp³-hybridized carbons (Fsp3) is 0.429. The van der Waals surface area contributed by atoms with Gasteiger partial charge < -0.3 is 28.8 Å². The van der Waals surface area contributed by atoms with Crippen molar-refractivity contribution in [2.45, 2.75) is 25.9 Å². The molecule has 0 unspecified atom stereocenters. The van der Waals surface area contributed by atoms with Crippen LogP contribution in [0.25, 0.3) is 0 Å². The molecule has 2 aromatic rings. The van der Waals surface area contributed by atoms with E-state index in [9.17, 15) is 5.11 Å². The molecule has 0 fully saturated rings. The molecule has 0 aromatic heterocycles. The molecule has 3 atom stereocenters. The lowest BCUT2D eigenvalue weighted by atomic mass is 9.64. The maximum Gasteiger partial charge on any atom is 0.231 e. The molecule has 0 spiro atoms. The molecule has 2 aromatic carbocycles. The molecular weight excluding hydrogens is 348 g/mol. The molecule has 0 saturated heterocycles. The normalized spacial score (nSPS) is 27.4. The highest BCUT2D eigenvalue weighted by atomic mass is 16.7. The molecule has 27 heavy (non-hydrogen) atoms. The van der Waals surface area contributed by atoms with Crippen molar-refractivity contribution in [1.29, 1.82) is 0 Å². The fourth-order valence-corrected chi connectivity index (χ4v) is 4.52. The van der Waals surface area contributed by atoms with Gasteiger partial charge in [-0.05, 0) is 47.6 Å². The van der Waals surface area contributed by atoms with Gasteiger partial charge in [-0.1, -0.05) is 19.9 Å². The van der Waals surface area contributed by atoms with E-state index in [2.05, 4.69) is 13.8 Å². The van der Waals surface area contributed by atoms with Crippen LogP contribution in [0, 0.1) is 11.8 Å². The van der Waals surface area contributed by atoms with Crippen LogP contribution in [0.2, 0.25) is 0 Å². The Balaban J connectivity index is 1.77. The van der Waals surface area contributed by atoms with Gasteiger partial charge in [0.1, 0.15) is 5.60 Å². The van der Waals surface area contributed by atoms with Crippen molar-refractivity contribution >= 4 is 0 Å². The minimum absolute atomic E-state index is 0.0351. The zero-order chi connectivity index (χ0) is 18.8. The predicted molar refractivity (Wildman–Crippen MR) is 96.7 cm³/mol. The van der Waals surface area contributed by atoms with Gasteiger partial charge in [0.2, 0.25) is 19.3 Å². The monoisotopic (exact) mass is 370 g/mol. The zero-order valence-corrected chi connectivity index (χ0v) is 15.6. The average Bonchev–Trinajstić information content (AvgIpc) is 3.33. The Morgan fingerprint density at radius 3 is 2.56 bits per heavy atom. The van der Waals surface area contributed by atoms with Crippen LogP contribution >= 0.6 is 0 Å². The van der Waals surface area contributed by atoms with Crippen LogP contribution in [0.5, 0.6) is 28.7 Å². The van der Waals surface area contributed by atoms with Crippen molar-refractivity contribution in [3.05, 3.63) is 41.0 Å². The van der Waals surface area contributed by atoms with Crippen LogP contribution in [0.4, 0.5) is 0 Å². The van der Waals surface area contributed by atoms with E-state index in [1.165, 1.54) is 0 Å². The maximum absolute atomic E-state index is 12.1. The second kappa shape index (κ2) is 5.70. The summed E-state index contributed by atoms with van der Waals surface area (Å²) in [6, 6.07) is 7.58. The second-order valence-electron chi connectivity index (χ2n) is 7.48. The van der Waals surface area contributed by atoms with E-state index >= 15 is 0 Å². The molecule has 2 aliphatic heterocycles. The highest BCUT2D eigenvalue weighted by molar-refractivity contribution is 5.65. The first-order valence-corrected chi connectivity index (χ1v) is 9.16. The van der Waals surface area contributed by atoms with Crippen LogP contribution in [0.3, 0.4) is 0 Å². The van der Waals surface area contributed by atoms with Crippen molar-refractivity contribution in [2.75, 3.05) is 20.7 Å². The SMILES string of the molecule is COc1cc2c(c3c1OCO3)[C@](O)(c1ccc3c(c1)OCO3)[C@@H](C)[C@H](C)C2. The zero-order valence-electron chi connectivity index (χ0n) is 15.6. The van der Waals surface area contributed by atoms with Gasteiger partial charge in [0.25, 0.3) is 0 Å². The number of hydrogen-bond acceptors (Lipinski definition) is 6. The Bertz CT molecular complexity index is 923. The van der Waals surface area contributed by atoms with Gasteiger partial charge in [-0.3, -0.25) is 0 Å². The first-order valence-electron chi connectivity index (χ1n) is 9.16. The average molecular weight is 370 g/mol. The minimum Gasteiger partial charge on any atom is -0.493 e. The van der Waals surface area contributed by atoms with E-state index in [0.29, 0.717) is 28.7 Å². The standard InChI is InChI=1S/C21H22O6/c1-11-6-13-7-17(23-3)19-20(27-10-26-19)18(13)21(22,12(11)2)14-4-5-15-16(8-14)25-9-24-15/h4-5,7-8,11-12,22H,6,9-10H2,1-3H3/t11-,12+,21-/m1/s1. The molecule has 1 aliphatic carbocycles. The van der Waals surface area contributed by atoms with Crippen LogP contribution in [0.1, 0.15) is 30.5 Å². The third kappa shape index (κ3) is 2.16. The molecule has 142 valence electrons. The molecule has 2 heterocycles. The van der Waals surface area contributed by atoms with E-state index in [-0.39, 0.29) is 25.4 Å². The first-order chi connectivity index (χ1) is 13.0. The van der Waals surface area contributed by atoms with E-state index in [4.69, 9.17) is 23.7 Å². The molecule has 1 N–H and O–H groups in total.